The molecular weight excluding hydrogens is 228 g/mol. The molecule has 0 atom stereocenters. The molecule has 88 valence electrons. The maximum atomic E-state index is 5.93. The van der Waals surface area contributed by atoms with E-state index in [1.807, 2.05) is 18.3 Å². The molecule has 17 heavy (non-hydrogen) atoms. The molecule has 0 saturated carbocycles. The van der Waals surface area contributed by atoms with Gasteiger partial charge in [0.15, 0.2) is 0 Å². The van der Waals surface area contributed by atoms with Crippen LogP contribution in [0.2, 0.25) is 0 Å². The summed E-state index contributed by atoms with van der Waals surface area (Å²) in [4.78, 5) is 5.49. The number of hydrogen-bond acceptors (Lipinski definition) is 3. The van der Waals surface area contributed by atoms with Crippen LogP contribution in [0.1, 0.15) is 18.2 Å². The maximum absolute atomic E-state index is 5.93. The number of benzene rings is 1. The minimum atomic E-state index is 0.797. The van der Waals surface area contributed by atoms with Crippen molar-refractivity contribution in [2.45, 2.75) is 24.0 Å². The van der Waals surface area contributed by atoms with Crippen molar-refractivity contribution in [3.63, 3.8) is 0 Å². The SMILES string of the molecule is CCc1ncc(SCc2ccccc2)cc1N. The third-order valence-electron chi connectivity index (χ3n) is 2.56. The first-order chi connectivity index (χ1) is 8.29. The monoisotopic (exact) mass is 244 g/mol. The zero-order valence-corrected chi connectivity index (χ0v) is 10.7. The average molecular weight is 244 g/mol. The van der Waals surface area contributed by atoms with E-state index in [-0.39, 0.29) is 0 Å². The van der Waals surface area contributed by atoms with E-state index in [4.69, 9.17) is 5.73 Å². The number of aromatic nitrogens is 1. The first-order valence-electron chi connectivity index (χ1n) is 5.70. The van der Waals surface area contributed by atoms with Gasteiger partial charge in [-0.3, -0.25) is 4.98 Å². The summed E-state index contributed by atoms with van der Waals surface area (Å²) in [5.74, 6) is 0.952. The summed E-state index contributed by atoms with van der Waals surface area (Å²) in [7, 11) is 0. The smallest absolute Gasteiger partial charge is 0.0630 e. The molecule has 0 radical (unpaired) electrons. The Labute approximate surface area is 106 Å². The fraction of sp³-hybridized carbons (Fsp3) is 0.214. The minimum absolute atomic E-state index is 0.797. The lowest BCUT2D eigenvalue weighted by Gasteiger charge is -2.05. The summed E-state index contributed by atoms with van der Waals surface area (Å²) in [6.07, 6.45) is 2.79. The van der Waals surface area contributed by atoms with Gasteiger partial charge >= 0.3 is 0 Å². The van der Waals surface area contributed by atoms with Crippen molar-refractivity contribution < 1.29 is 0 Å². The number of nitrogens with zero attached hydrogens (tertiary/aromatic N) is 1. The zero-order chi connectivity index (χ0) is 12.1. The van der Waals surface area contributed by atoms with Crippen LogP contribution >= 0.6 is 11.8 Å². The minimum Gasteiger partial charge on any atom is -0.397 e. The molecule has 0 spiro atoms. The fourth-order valence-electron chi connectivity index (χ4n) is 1.61. The third-order valence-corrected chi connectivity index (χ3v) is 3.60. The van der Waals surface area contributed by atoms with E-state index in [9.17, 15) is 0 Å². The normalized spacial score (nSPS) is 10.4. The first kappa shape index (κ1) is 12.0. The van der Waals surface area contributed by atoms with E-state index >= 15 is 0 Å². The molecule has 2 N–H and O–H groups in total. The number of hydrogen-bond donors (Lipinski definition) is 1. The van der Waals surface area contributed by atoms with Crippen molar-refractivity contribution in [2.75, 3.05) is 5.73 Å². The molecule has 0 fully saturated rings. The quantitative estimate of drug-likeness (QED) is 0.836. The number of rotatable bonds is 4. The van der Waals surface area contributed by atoms with Crippen LogP contribution in [-0.2, 0) is 12.2 Å². The van der Waals surface area contributed by atoms with Gasteiger partial charge in [0.1, 0.15) is 0 Å². The second kappa shape index (κ2) is 5.73. The van der Waals surface area contributed by atoms with Crippen molar-refractivity contribution in [3.8, 4) is 0 Å². The van der Waals surface area contributed by atoms with Gasteiger partial charge in [0, 0.05) is 16.8 Å². The molecule has 0 unspecified atom stereocenters. The maximum Gasteiger partial charge on any atom is 0.0630 e. The highest BCUT2D eigenvalue weighted by Crippen LogP contribution is 2.24. The van der Waals surface area contributed by atoms with E-state index in [0.717, 1.165) is 28.5 Å². The molecular formula is C14H16N2S. The summed E-state index contributed by atoms with van der Waals surface area (Å²) in [5, 5.41) is 0. The molecule has 2 nitrogen and oxygen atoms in total. The topological polar surface area (TPSA) is 38.9 Å². The molecule has 1 aromatic carbocycles. The Morgan fingerprint density at radius 2 is 2.00 bits per heavy atom. The molecule has 1 heterocycles. The molecule has 0 aliphatic carbocycles. The Balaban J connectivity index is 2.02. The van der Waals surface area contributed by atoms with E-state index in [1.165, 1.54) is 5.56 Å². The van der Waals surface area contributed by atoms with Crippen LogP contribution in [0.4, 0.5) is 5.69 Å². The Morgan fingerprint density at radius 1 is 1.24 bits per heavy atom. The molecule has 0 bridgehead atoms. The van der Waals surface area contributed by atoms with Gasteiger partial charge in [-0.25, -0.2) is 0 Å². The predicted octanol–water partition coefficient (Wildman–Crippen LogP) is 3.52. The molecule has 0 amide bonds. The Kier molecular flexibility index (Phi) is 4.04. The Hall–Kier alpha value is -1.48. The summed E-state index contributed by atoms with van der Waals surface area (Å²) in [5.41, 5.74) is 9.02. The number of anilines is 1. The van der Waals surface area contributed by atoms with Gasteiger partial charge in [0.05, 0.1) is 11.4 Å². The van der Waals surface area contributed by atoms with E-state index < -0.39 is 0 Å². The fourth-order valence-corrected chi connectivity index (χ4v) is 2.47. The molecule has 2 aromatic rings. The average Bonchev–Trinajstić information content (AvgIpc) is 2.38. The highest BCUT2D eigenvalue weighted by atomic mass is 32.2. The molecule has 1 aromatic heterocycles. The van der Waals surface area contributed by atoms with E-state index in [2.05, 4.69) is 36.2 Å². The second-order valence-corrected chi connectivity index (χ2v) is 4.88. The van der Waals surface area contributed by atoms with Gasteiger partial charge in [0.25, 0.3) is 0 Å². The standard InChI is InChI=1S/C14H16N2S/c1-2-14-13(15)8-12(9-16-14)17-10-11-6-4-3-5-7-11/h3-9H,2,10,15H2,1H3. The number of thioether (sulfide) groups is 1. The Bertz CT molecular complexity index is 483. The van der Waals surface area contributed by atoms with Gasteiger partial charge in [-0.15, -0.1) is 11.8 Å². The van der Waals surface area contributed by atoms with Crippen LogP contribution in [0.25, 0.3) is 0 Å². The molecule has 2 rings (SSSR count). The lowest BCUT2D eigenvalue weighted by Crippen LogP contribution is -1.96. The molecule has 0 saturated heterocycles. The second-order valence-electron chi connectivity index (χ2n) is 3.83. The van der Waals surface area contributed by atoms with Gasteiger partial charge in [-0.05, 0) is 18.1 Å². The van der Waals surface area contributed by atoms with Crippen molar-refractivity contribution in [1.29, 1.82) is 0 Å². The lowest BCUT2D eigenvalue weighted by atomic mass is 10.2. The van der Waals surface area contributed by atoms with Crippen LogP contribution in [0.3, 0.4) is 0 Å². The molecule has 3 heteroatoms. The summed E-state index contributed by atoms with van der Waals surface area (Å²) in [6, 6.07) is 12.4. The van der Waals surface area contributed by atoms with Crippen molar-refractivity contribution >= 4 is 17.4 Å². The van der Waals surface area contributed by atoms with Gasteiger partial charge in [0.2, 0.25) is 0 Å². The van der Waals surface area contributed by atoms with Crippen LogP contribution in [-0.4, -0.2) is 4.98 Å². The largest absolute Gasteiger partial charge is 0.397 e. The third kappa shape index (κ3) is 3.24. The summed E-state index contributed by atoms with van der Waals surface area (Å²) in [6.45, 7) is 2.06. The summed E-state index contributed by atoms with van der Waals surface area (Å²) < 4.78 is 0. The molecule has 0 aliphatic heterocycles. The number of nitrogen functional groups attached to an aromatic ring is 1. The summed E-state index contributed by atoms with van der Waals surface area (Å²) >= 11 is 1.76. The van der Waals surface area contributed by atoms with E-state index in [1.54, 1.807) is 11.8 Å². The van der Waals surface area contributed by atoms with Crippen molar-refractivity contribution in [3.05, 3.63) is 53.9 Å². The van der Waals surface area contributed by atoms with Crippen LogP contribution in [0.15, 0.2) is 47.5 Å². The van der Waals surface area contributed by atoms with Gasteiger partial charge < -0.3 is 5.73 Å². The van der Waals surface area contributed by atoms with Crippen molar-refractivity contribution in [1.82, 2.24) is 4.98 Å². The molecule has 0 aliphatic rings. The van der Waals surface area contributed by atoms with Crippen LogP contribution < -0.4 is 5.73 Å². The number of nitrogens with two attached hydrogens (primary N) is 1. The van der Waals surface area contributed by atoms with Crippen LogP contribution in [0, 0.1) is 0 Å². The van der Waals surface area contributed by atoms with E-state index in [0.29, 0.717) is 0 Å². The highest BCUT2D eigenvalue weighted by Gasteiger charge is 2.01. The van der Waals surface area contributed by atoms with Crippen LogP contribution in [0.5, 0.6) is 0 Å². The first-order valence-corrected chi connectivity index (χ1v) is 6.69. The predicted molar refractivity (Wildman–Crippen MR) is 74.0 cm³/mol. The lowest BCUT2D eigenvalue weighted by molar-refractivity contribution is 1.02. The number of pyridine rings is 1. The highest BCUT2D eigenvalue weighted by molar-refractivity contribution is 7.98. The zero-order valence-electron chi connectivity index (χ0n) is 9.89. The van der Waals surface area contributed by atoms with Gasteiger partial charge in [-0.2, -0.15) is 0 Å². The van der Waals surface area contributed by atoms with Gasteiger partial charge in [-0.1, -0.05) is 37.3 Å². The number of aryl methyl sites for hydroxylation is 1. The van der Waals surface area contributed by atoms with Crippen molar-refractivity contribution in [2.24, 2.45) is 0 Å². The Morgan fingerprint density at radius 3 is 2.65 bits per heavy atom.